The summed E-state index contributed by atoms with van der Waals surface area (Å²) in [6.07, 6.45) is -4.02. The molecule has 2 rings (SSSR count). The quantitative estimate of drug-likeness (QED) is 0.885. The van der Waals surface area contributed by atoms with Crippen molar-refractivity contribution in [3.8, 4) is 6.07 Å². The molecular weight excluding hydrogens is 333 g/mol. The highest BCUT2D eigenvalue weighted by Crippen LogP contribution is 2.34. The second kappa shape index (κ2) is 7.38. The predicted molar refractivity (Wildman–Crippen MR) is 86.1 cm³/mol. The molecule has 25 heavy (non-hydrogen) atoms. The number of aromatic nitrogens is 2. The van der Waals surface area contributed by atoms with Crippen molar-refractivity contribution in [2.24, 2.45) is 0 Å². The van der Waals surface area contributed by atoms with Crippen molar-refractivity contribution in [2.45, 2.75) is 38.9 Å². The Morgan fingerprint density at radius 2 is 2.00 bits per heavy atom. The maximum atomic E-state index is 12.7. The summed E-state index contributed by atoms with van der Waals surface area (Å²) in [4.78, 5) is 12.2. The summed E-state index contributed by atoms with van der Waals surface area (Å²) < 4.78 is 39.7. The largest absolute Gasteiger partial charge is 0.395 e. The number of nitriles is 1. The van der Waals surface area contributed by atoms with Gasteiger partial charge in [0.1, 0.15) is 0 Å². The van der Waals surface area contributed by atoms with Crippen LogP contribution in [0.4, 0.5) is 19.0 Å². The number of amides is 1. The van der Waals surface area contributed by atoms with Gasteiger partial charge >= 0.3 is 6.18 Å². The third kappa shape index (κ3) is 4.59. The molecule has 2 aromatic rings. The molecule has 1 atom stereocenters. The molecule has 0 aliphatic heterocycles. The highest BCUT2D eigenvalue weighted by atomic mass is 19.4. The third-order valence-corrected chi connectivity index (χ3v) is 3.82. The van der Waals surface area contributed by atoms with Gasteiger partial charge in [0.05, 0.1) is 25.0 Å². The Morgan fingerprint density at radius 1 is 1.36 bits per heavy atom. The van der Waals surface area contributed by atoms with Crippen LogP contribution in [0.2, 0.25) is 0 Å². The summed E-state index contributed by atoms with van der Waals surface area (Å²) in [6.45, 7) is 3.29. The van der Waals surface area contributed by atoms with Gasteiger partial charge in [0.15, 0.2) is 5.82 Å². The molecule has 1 N–H and O–H groups in total. The molecule has 8 heteroatoms. The summed E-state index contributed by atoms with van der Waals surface area (Å²) in [5.41, 5.74) is 1.13. The van der Waals surface area contributed by atoms with Crippen molar-refractivity contribution >= 4 is 11.7 Å². The minimum absolute atomic E-state index is 0.0978. The first kappa shape index (κ1) is 18.5. The van der Waals surface area contributed by atoms with Crippen molar-refractivity contribution in [3.05, 3.63) is 47.2 Å². The van der Waals surface area contributed by atoms with Crippen LogP contribution >= 0.6 is 0 Å². The average molecular weight is 350 g/mol. The van der Waals surface area contributed by atoms with E-state index in [1.807, 2.05) is 6.07 Å². The van der Waals surface area contributed by atoms with Gasteiger partial charge in [0, 0.05) is 17.3 Å². The van der Waals surface area contributed by atoms with Gasteiger partial charge in [0.25, 0.3) is 5.91 Å². The van der Waals surface area contributed by atoms with Gasteiger partial charge < -0.3 is 5.32 Å². The first-order chi connectivity index (χ1) is 11.7. The van der Waals surface area contributed by atoms with Gasteiger partial charge in [-0.2, -0.15) is 23.5 Å². The molecule has 0 spiro atoms. The Bertz CT molecular complexity index is 788. The molecule has 132 valence electrons. The fraction of sp³-hybridized carbons (Fsp3) is 0.353. The minimum Gasteiger partial charge on any atom is -0.305 e. The zero-order valence-electron chi connectivity index (χ0n) is 13.8. The number of anilines is 1. The zero-order chi connectivity index (χ0) is 18.6. The number of carbonyl (C=O) groups excluding carboxylic acids is 1. The average Bonchev–Trinajstić information content (AvgIpc) is 2.90. The molecule has 0 saturated carbocycles. The molecule has 1 amide bonds. The number of alkyl halides is 3. The van der Waals surface area contributed by atoms with Gasteiger partial charge in [-0.05, 0) is 31.5 Å². The number of carbonyl (C=O) groups is 1. The third-order valence-electron chi connectivity index (χ3n) is 3.82. The highest BCUT2D eigenvalue weighted by Gasteiger charge is 2.36. The number of nitrogens with one attached hydrogen (secondary N) is 1. The fourth-order valence-corrected chi connectivity index (χ4v) is 2.25. The Labute approximate surface area is 143 Å². The van der Waals surface area contributed by atoms with Crippen molar-refractivity contribution in [1.29, 1.82) is 5.26 Å². The molecule has 0 aliphatic rings. The number of aryl methyl sites for hydroxylation is 2. The van der Waals surface area contributed by atoms with E-state index in [2.05, 4.69) is 10.4 Å². The number of halogens is 3. The molecule has 0 radical (unpaired) electrons. The summed E-state index contributed by atoms with van der Waals surface area (Å²) in [5.74, 6) is -1.73. The smallest absolute Gasteiger partial charge is 0.305 e. The molecule has 1 aromatic carbocycles. The SMILES string of the molecule is Cc1cc(NC(=O)c2ccc(C(C)C(F)(F)F)cc2)nn1CCC#N. The monoisotopic (exact) mass is 350 g/mol. The molecule has 1 unspecified atom stereocenters. The number of hydrogen-bond acceptors (Lipinski definition) is 3. The van der Waals surface area contributed by atoms with Crippen molar-refractivity contribution in [2.75, 3.05) is 5.32 Å². The second-order valence-corrected chi connectivity index (χ2v) is 5.64. The normalized spacial score (nSPS) is 12.5. The minimum atomic E-state index is -4.32. The predicted octanol–water partition coefficient (Wildman–Crippen LogP) is 4.02. The van der Waals surface area contributed by atoms with Gasteiger partial charge in [-0.15, -0.1) is 0 Å². The Hall–Kier alpha value is -2.82. The summed E-state index contributed by atoms with van der Waals surface area (Å²) >= 11 is 0. The van der Waals surface area contributed by atoms with E-state index in [9.17, 15) is 18.0 Å². The Kier molecular flexibility index (Phi) is 5.47. The van der Waals surface area contributed by atoms with Crippen LogP contribution in [0.3, 0.4) is 0 Å². The first-order valence-electron chi connectivity index (χ1n) is 7.62. The van der Waals surface area contributed by atoms with Crippen LogP contribution in [-0.4, -0.2) is 21.9 Å². The van der Waals surface area contributed by atoms with Crippen LogP contribution in [0.5, 0.6) is 0 Å². The van der Waals surface area contributed by atoms with E-state index in [0.29, 0.717) is 18.8 Å². The molecular formula is C17H17F3N4O. The lowest BCUT2D eigenvalue weighted by Crippen LogP contribution is -2.18. The molecule has 1 heterocycles. The second-order valence-electron chi connectivity index (χ2n) is 5.64. The van der Waals surface area contributed by atoms with E-state index in [4.69, 9.17) is 5.26 Å². The first-order valence-corrected chi connectivity index (χ1v) is 7.62. The zero-order valence-corrected chi connectivity index (χ0v) is 13.8. The number of hydrogen-bond donors (Lipinski definition) is 1. The van der Waals surface area contributed by atoms with Crippen LogP contribution in [0.15, 0.2) is 30.3 Å². The van der Waals surface area contributed by atoms with Crippen molar-refractivity contribution < 1.29 is 18.0 Å². The number of rotatable bonds is 5. The van der Waals surface area contributed by atoms with Crippen LogP contribution in [0.25, 0.3) is 0 Å². The molecule has 0 aliphatic carbocycles. The van der Waals surface area contributed by atoms with E-state index in [-0.39, 0.29) is 11.1 Å². The lowest BCUT2D eigenvalue weighted by atomic mass is 9.99. The van der Waals surface area contributed by atoms with Crippen molar-refractivity contribution in [1.82, 2.24) is 9.78 Å². The van der Waals surface area contributed by atoms with Gasteiger partial charge in [-0.3, -0.25) is 9.48 Å². The molecule has 0 saturated heterocycles. The van der Waals surface area contributed by atoms with Gasteiger partial charge in [-0.25, -0.2) is 0 Å². The van der Waals surface area contributed by atoms with E-state index < -0.39 is 18.0 Å². The van der Waals surface area contributed by atoms with E-state index in [1.165, 1.54) is 24.3 Å². The Balaban J connectivity index is 2.08. The maximum absolute atomic E-state index is 12.7. The van der Waals surface area contributed by atoms with Gasteiger partial charge in [-0.1, -0.05) is 12.1 Å². The Morgan fingerprint density at radius 3 is 2.56 bits per heavy atom. The highest BCUT2D eigenvalue weighted by molar-refractivity contribution is 6.03. The summed E-state index contributed by atoms with van der Waals surface area (Å²) in [6, 6.07) is 8.98. The number of nitrogens with zero attached hydrogens (tertiary/aromatic N) is 3. The molecule has 0 fully saturated rings. The summed E-state index contributed by atoms with van der Waals surface area (Å²) in [5, 5.41) is 15.4. The summed E-state index contributed by atoms with van der Waals surface area (Å²) in [7, 11) is 0. The topological polar surface area (TPSA) is 70.7 Å². The lowest BCUT2D eigenvalue weighted by molar-refractivity contribution is -0.146. The maximum Gasteiger partial charge on any atom is 0.395 e. The van der Waals surface area contributed by atoms with Crippen LogP contribution in [0, 0.1) is 18.3 Å². The molecule has 1 aromatic heterocycles. The van der Waals surface area contributed by atoms with Crippen LogP contribution < -0.4 is 5.32 Å². The van der Waals surface area contributed by atoms with Crippen LogP contribution in [0.1, 0.15) is 40.9 Å². The van der Waals surface area contributed by atoms with E-state index in [1.54, 1.807) is 17.7 Å². The van der Waals surface area contributed by atoms with E-state index >= 15 is 0 Å². The van der Waals surface area contributed by atoms with E-state index in [0.717, 1.165) is 12.6 Å². The van der Waals surface area contributed by atoms with Crippen molar-refractivity contribution in [3.63, 3.8) is 0 Å². The van der Waals surface area contributed by atoms with Crippen LogP contribution in [-0.2, 0) is 6.54 Å². The van der Waals surface area contributed by atoms with Gasteiger partial charge in [0.2, 0.25) is 0 Å². The standard InChI is InChI=1S/C17H17F3N4O/c1-11-10-15(23-24(11)9-3-8-21)22-16(25)14-6-4-13(5-7-14)12(2)17(18,19)20/h4-7,10,12H,3,9H2,1-2H3,(H,22,23,25). The molecule has 5 nitrogen and oxygen atoms in total. The lowest BCUT2D eigenvalue weighted by Gasteiger charge is -2.16. The molecule has 0 bridgehead atoms. The number of benzene rings is 1. The fourth-order valence-electron chi connectivity index (χ4n) is 2.25.